The van der Waals surface area contributed by atoms with E-state index < -0.39 is 17.8 Å². The van der Waals surface area contributed by atoms with Gasteiger partial charge in [-0.15, -0.1) is 0 Å². The van der Waals surface area contributed by atoms with Crippen LogP contribution in [0.3, 0.4) is 0 Å². The van der Waals surface area contributed by atoms with Gasteiger partial charge in [0.1, 0.15) is 23.3 Å². The predicted octanol–water partition coefficient (Wildman–Crippen LogP) is 4.47. The standard InChI is InChI=1S/C21H13BrF4N8/c22-17-15(5-11-6-31-33(9-11)14-4-2-1-3-13(14)23)34-18(19(27)30-10-32-34)16(17)12-7-28-20(29-8-12)21(24,25)26/h1-4,6-10H,5H2,(H2,27,30,32). The second-order valence-corrected chi connectivity index (χ2v) is 8.05. The fourth-order valence-electron chi connectivity index (χ4n) is 3.58. The molecule has 0 saturated carbocycles. The first-order chi connectivity index (χ1) is 16.2. The minimum Gasteiger partial charge on any atom is -0.382 e. The van der Waals surface area contributed by atoms with Crippen molar-refractivity contribution in [2.45, 2.75) is 12.6 Å². The molecule has 0 fully saturated rings. The summed E-state index contributed by atoms with van der Waals surface area (Å²) in [4.78, 5) is 10.9. The molecule has 2 N–H and O–H groups in total. The molecule has 0 saturated heterocycles. The van der Waals surface area contributed by atoms with Crippen molar-refractivity contribution in [2.24, 2.45) is 0 Å². The summed E-state index contributed by atoms with van der Waals surface area (Å²) >= 11 is 3.54. The lowest BCUT2D eigenvalue weighted by molar-refractivity contribution is -0.144. The Hall–Kier alpha value is -3.87. The Morgan fingerprint density at radius 2 is 1.74 bits per heavy atom. The van der Waals surface area contributed by atoms with Gasteiger partial charge in [-0.2, -0.15) is 23.4 Å². The number of anilines is 1. The number of para-hydroxylation sites is 1. The Kier molecular flexibility index (Phi) is 5.27. The van der Waals surface area contributed by atoms with E-state index in [0.717, 1.165) is 18.0 Å². The van der Waals surface area contributed by atoms with Crippen LogP contribution >= 0.6 is 15.9 Å². The van der Waals surface area contributed by atoms with Crippen LogP contribution in [0.5, 0.6) is 0 Å². The van der Waals surface area contributed by atoms with E-state index >= 15 is 0 Å². The van der Waals surface area contributed by atoms with Gasteiger partial charge in [-0.1, -0.05) is 12.1 Å². The monoisotopic (exact) mass is 532 g/mol. The lowest BCUT2D eigenvalue weighted by Gasteiger charge is -2.06. The third kappa shape index (κ3) is 3.77. The van der Waals surface area contributed by atoms with Gasteiger partial charge >= 0.3 is 6.18 Å². The molecule has 0 atom stereocenters. The van der Waals surface area contributed by atoms with Crippen molar-refractivity contribution in [1.82, 2.24) is 34.3 Å². The number of hydrogen-bond acceptors (Lipinski definition) is 6. The summed E-state index contributed by atoms with van der Waals surface area (Å²) in [5, 5.41) is 8.51. The van der Waals surface area contributed by atoms with Gasteiger partial charge in [0.05, 0.1) is 11.9 Å². The molecule has 13 heteroatoms. The molecule has 0 unspecified atom stereocenters. The van der Waals surface area contributed by atoms with Crippen LogP contribution in [0.25, 0.3) is 22.3 Å². The number of fused-ring (bicyclic) bond motifs is 1. The largest absolute Gasteiger partial charge is 0.451 e. The summed E-state index contributed by atoms with van der Waals surface area (Å²) in [6.07, 6.45) is 2.32. The Morgan fingerprint density at radius 3 is 2.44 bits per heavy atom. The highest BCUT2D eigenvalue weighted by atomic mass is 79.9. The molecule has 4 aromatic heterocycles. The van der Waals surface area contributed by atoms with E-state index in [9.17, 15) is 17.6 Å². The third-order valence-corrected chi connectivity index (χ3v) is 5.94. The molecule has 5 aromatic rings. The molecule has 4 heterocycles. The van der Waals surface area contributed by atoms with Gasteiger partial charge in [0.25, 0.3) is 0 Å². The van der Waals surface area contributed by atoms with E-state index in [-0.39, 0.29) is 5.82 Å². The molecule has 0 aliphatic heterocycles. The number of aromatic nitrogens is 7. The zero-order valence-electron chi connectivity index (χ0n) is 17.0. The first-order valence-corrected chi connectivity index (χ1v) is 10.5. The van der Waals surface area contributed by atoms with Crippen LogP contribution in [-0.2, 0) is 12.6 Å². The minimum atomic E-state index is -4.66. The van der Waals surface area contributed by atoms with Crippen molar-refractivity contribution in [3.8, 4) is 16.8 Å². The van der Waals surface area contributed by atoms with E-state index in [1.165, 1.54) is 17.1 Å². The molecule has 8 nitrogen and oxygen atoms in total. The van der Waals surface area contributed by atoms with Gasteiger partial charge in [-0.05, 0) is 33.6 Å². The minimum absolute atomic E-state index is 0.124. The summed E-state index contributed by atoms with van der Waals surface area (Å²) in [5.41, 5.74) is 8.88. The molecule has 0 spiro atoms. The number of benzene rings is 1. The van der Waals surface area contributed by atoms with Gasteiger partial charge in [-0.3, -0.25) is 0 Å². The lowest BCUT2D eigenvalue weighted by Crippen LogP contribution is -2.10. The van der Waals surface area contributed by atoms with Crippen LogP contribution in [0.15, 0.2) is 59.9 Å². The lowest BCUT2D eigenvalue weighted by atomic mass is 10.1. The van der Waals surface area contributed by atoms with Crippen LogP contribution in [-0.4, -0.2) is 34.3 Å². The molecule has 0 amide bonds. The average Bonchev–Trinajstić information content (AvgIpc) is 3.38. The summed E-state index contributed by atoms with van der Waals surface area (Å²) in [6, 6.07) is 6.23. The highest BCUT2D eigenvalue weighted by Gasteiger charge is 2.34. The normalized spacial score (nSPS) is 11.9. The van der Waals surface area contributed by atoms with E-state index in [1.54, 1.807) is 35.1 Å². The van der Waals surface area contributed by atoms with Crippen LogP contribution in [0.1, 0.15) is 17.1 Å². The van der Waals surface area contributed by atoms with Gasteiger partial charge in [0, 0.05) is 40.6 Å². The van der Waals surface area contributed by atoms with E-state index in [1.807, 2.05) is 0 Å². The van der Waals surface area contributed by atoms with Crippen molar-refractivity contribution in [3.63, 3.8) is 0 Å². The summed E-state index contributed by atoms with van der Waals surface area (Å²) < 4.78 is 56.3. The topological polar surface area (TPSA) is 99.8 Å². The predicted molar refractivity (Wildman–Crippen MR) is 117 cm³/mol. The van der Waals surface area contributed by atoms with Gasteiger partial charge in [0.2, 0.25) is 5.82 Å². The average molecular weight is 533 g/mol. The molecule has 34 heavy (non-hydrogen) atoms. The SMILES string of the molecule is Nc1ncnn2c(Cc3cnn(-c4ccccc4F)c3)c(Br)c(-c3cnc(C(F)(F)F)nc3)c12. The zero-order valence-corrected chi connectivity index (χ0v) is 18.6. The van der Waals surface area contributed by atoms with E-state index in [4.69, 9.17) is 5.73 Å². The van der Waals surface area contributed by atoms with Gasteiger partial charge in [-0.25, -0.2) is 28.5 Å². The Labute approximate surface area is 197 Å². The number of hydrogen-bond donors (Lipinski definition) is 1. The Morgan fingerprint density at radius 1 is 1.00 bits per heavy atom. The van der Waals surface area contributed by atoms with E-state index in [2.05, 4.69) is 41.1 Å². The number of halogens is 5. The summed E-state index contributed by atoms with van der Waals surface area (Å²) in [7, 11) is 0. The third-order valence-electron chi connectivity index (χ3n) is 5.08. The quantitative estimate of drug-likeness (QED) is 0.343. The van der Waals surface area contributed by atoms with E-state index in [0.29, 0.717) is 38.9 Å². The number of nitrogens with two attached hydrogens (primary N) is 1. The number of rotatable bonds is 4. The zero-order chi connectivity index (χ0) is 24.0. The molecular weight excluding hydrogens is 520 g/mol. The highest BCUT2D eigenvalue weighted by molar-refractivity contribution is 9.10. The first-order valence-electron chi connectivity index (χ1n) is 9.71. The molecule has 0 aliphatic carbocycles. The van der Waals surface area contributed by atoms with Crippen molar-refractivity contribution in [2.75, 3.05) is 5.73 Å². The Balaban J connectivity index is 1.59. The van der Waals surface area contributed by atoms with Gasteiger partial charge < -0.3 is 5.73 Å². The molecular formula is C21H13BrF4N8. The van der Waals surface area contributed by atoms with Crippen molar-refractivity contribution >= 4 is 27.3 Å². The molecule has 5 rings (SSSR count). The number of nitrogen functional groups attached to an aromatic ring is 1. The second-order valence-electron chi connectivity index (χ2n) is 7.26. The molecule has 172 valence electrons. The molecule has 0 bridgehead atoms. The molecule has 0 aliphatic rings. The number of nitrogens with zero attached hydrogens (tertiary/aromatic N) is 7. The van der Waals surface area contributed by atoms with Gasteiger partial charge in [0.15, 0.2) is 5.82 Å². The number of alkyl halides is 3. The maximum Gasteiger partial charge on any atom is 0.451 e. The molecule has 0 radical (unpaired) electrons. The highest BCUT2D eigenvalue weighted by Crippen LogP contribution is 2.39. The fourth-order valence-corrected chi connectivity index (χ4v) is 4.31. The molecule has 1 aromatic carbocycles. The summed E-state index contributed by atoms with van der Waals surface area (Å²) in [6.45, 7) is 0. The maximum absolute atomic E-state index is 14.1. The first kappa shape index (κ1) is 21.9. The second kappa shape index (κ2) is 8.17. The fraction of sp³-hybridized carbons (Fsp3) is 0.0952. The van der Waals surface area contributed by atoms with Crippen molar-refractivity contribution < 1.29 is 17.6 Å². The van der Waals surface area contributed by atoms with Crippen LogP contribution in [0, 0.1) is 5.82 Å². The van der Waals surface area contributed by atoms with Crippen molar-refractivity contribution in [1.29, 1.82) is 0 Å². The maximum atomic E-state index is 14.1. The summed E-state index contributed by atoms with van der Waals surface area (Å²) in [5.74, 6) is -1.55. The van der Waals surface area contributed by atoms with Crippen molar-refractivity contribution in [3.05, 3.63) is 82.8 Å². The van der Waals surface area contributed by atoms with Crippen LogP contribution in [0.4, 0.5) is 23.4 Å². The van der Waals surface area contributed by atoms with Crippen LogP contribution in [0.2, 0.25) is 0 Å². The smallest absolute Gasteiger partial charge is 0.382 e. The van der Waals surface area contributed by atoms with Crippen LogP contribution < -0.4 is 5.73 Å². The Bertz CT molecular complexity index is 1510.